The quantitative estimate of drug-likeness (QED) is 0.110. The van der Waals surface area contributed by atoms with Gasteiger partial charge in [0.2, 0.25) is 0 Å². The second-order valence-electron chi connectivity index (χ2n) is 13.2. The summed E-state index contributed by atoms with van der Waals surface area (Å²) in [6.45, 7) is 4.34. The van der Waals surface area contributed by atoms with Crippen LogP contribution in [0.2, 0.25) is 0 Å². The Kier molecular flexibility index (Phi) is 11.5. The second kappa shape index (κ2) is 17.5. The van der Waals surface area contributed by atoms with Crippen molar-refractivity contribution in [1.82, 2.24) is 0 Å². The van der Waals surface area contributed by atoms with Crippen LogP contribution in [-0.2, 0) is 0 Å². The standard InChI is InChI=1S/C50H40O4P2/c1-37-33-35-45(39-21-9-3-10-22-39)49(55(51-41-25-13-5-14-26-41)52-42-27-15-6-16-28-42)47(37)48-38(2)34-36-46(40-23-11-4-12-24-40)50(48)56(53-43-29-17-7-18-30-43)54-44-31-19-8-20-32-44/h3-36H,1-2H3. The molecular formula is C50H40O4P2. The SMILES string of the molecule is Cc1ccc(-c2ccccc2)c(P(Oc2ccccc2)Oc2ccccc2)c1-c1c(C)ccc(-c2ccccc2)c1P(Oc1ccccc1)Oc1ccccc1. The molecule has 0 saturated heterocycles. The molecule has 6 heteroatoms. The van der Waals surface area contributed by atoms with E-state index in [9.17, 15) is 0 Å². The van der Waals surface area contributed by atoms with Crippen LogP contribution in [0.5, 0.6) is 23.0 Å². The van der Waals surface area contributed by atoms with Crippen LogP contribution in [0, 0.1) is 13.8 Å². The zero-order chi connectivity index (χ0) is 38.1. The number of hydrogen-bond donors (Lipinski definition) is 0. The molecule has 0 heterocycles. The van der Waals surface area contributed by atoms with E-state index in [2.05, 4.69) is 86.6 Å². The third-order valence-corrected chi connectivity index (χ3v) is 12.4. The van der Waals surface area contributed by atoms with Crippen molar-refractivity contribution < 1.29 is 18.1 Å². The van der Waals surface area contributed by atoms with Crippen LogP contribution in [0.1, 0.15) is 11.1 Å². The summed E-state index contributed by atoms with van der Waals surface area (Å²) in [6, 6.07) is 69.5. The maximum Gasteiger partial charge on any atom is 0.327 e. The third-order valence-electron chi connectivity index (χ3n) is 9.28. The molecular weight excluding hydrogens is 726 g/mol. The highest BCUT2D eigenvalue weighted by molar-refractivity contribution is 7.58. The summed E-state index contributed by atoms with van der Waals surface area (Å²) in [5, 5.41) is 1.92. The van der Waals surface area contributed by atoms with Gasteiger partial charge >= 0.3 is 16.8 Å². The topological polar surface area (TPSA) is 36.9 Å². The molecule has 0 aliphatic carbocycles. The molecule has 8 aromatic carbocycles. The number of aryl methyl sites for hydroxylation is 2. The number of benzene rings is 8. The highest BCUT2D eigenvalue weighted by atomic mass is 31.2. The van der Waals surface area contributed by atoms with Crippen LogP contribution >= 0.6 is 16.8 Å². The lowest BCUT2D eigenvalue weighted by molar-refractivity contribution is 0.501. The Balaban J connectivity index is 1.45. The number of rotatable bonds is 13. The van der Waals surface area contributed by atoms with Gasteiger partial charge in [-0.15, -0.1) is 0 Å². The lowest BCUT2D eigenvalue weighted by atomic mass is 9.90. The van der Waals surface area contributed by atoms with E-state index in [1.54, 1.807) is 0 Å². The molecule has 56 heavy (non-hydrogen) atoms. The first-order valence-corrected chi connectivity index (χ1v) is 20.9. The normalized spacial score (nSPS) is 11.0. The van der Waals surface area contributed by atoms with Crippen LogP contribution in [0.3, 0.4) is 0 Å². The molecule has 0 aliphatic rings. The molecule has 0 aromatic heterocycles. The van der Waals surface area contributed by atoms with Crippen molar-refractivity contribution in [2.45, 2.75) is 13.8 Å². The van der Waals surface area contributed by atoms with Gasteiger partial charge in [-0.2, -0.15) is 0 Å². The van der Waals surface area contributed by atoms with E-state index < -0.39 is 16.8 Å². The molecule has 274 valence electrons. The Morgan fingerprint density at radius 2 is 0.536 bits per heavy atom. The molecule has 0 amide bonds. The number of para-hydroxylation sites is 4. The molecule has 0 unspecified atom stereocenters. The molecule has 0 saturated carbocycles. The molecule has 0 bridgehead atoms. The van der Waals surface area contributed by atoms with Gasteiger partial charge in [-0.3, -0.25) is 0 Å². The first-order chi connectivity index (χ1) is 27.6. The summed E-state index contributed by atoms with van der Waals surface area (Å²) in [6.07, 6.45) is 0. The predicted octanol–water partition coefficient (Wildman–Crippen LogP) is 13.5. The van der Waals surface area contributed by atoms with Crippen molar-refractivity contribution in [3.63, 3.8) is 0 Å². The summed E-state index contributed by atoms with van der Waals surface area (Å²) in [7, 11) is -3.58. The summed E-state index contributed by atoms with van der Waals surface area (Å²) in [5.41, 5.74) is 8.37. The van der Waals surface area contributed by atoms with Crippen molar-refractivity contribution >= 4 is 27.4 Å². The molecule has 0 aliphatic heterocycles. The first-order valence-electron chi connectivity index (χ1n) is 18.5. The summed E-state index contributed by atoms with van der Waals surface area (Å²) in [4.78, 5) is 0. The first kappa shape index (κ1) is 36.8. The van der Waals surface area contributed by atoms with E-state index in [1.165, 1.54) is 0 Å². The molecule has 0 radical (unpaired) electrons. The third kappa shape index (κ3) is 8.38. The van der Waals surface area contributed by atoms with E-state index in [-0.39, 0.29) is 0 Å². The van der Waals surface area contributed by atoms with E-state index in [0.29, 0.717) is 0 Å². The Morgan fingerprint density at radius 3 is 0.804 bits per heavy atom. The summed E-state index contributed by atoms with van der Waals surface area (Å²) in [5.74, 6) is 2.88. The smallest absolute Gasteiger partial charge is 0.327 e. The minimum Gasteiger partial charge on any atom is -0.435 e. The van der Waals surface area contributed by atoms with E-state index >= 15 is 0 Å². The van der Waals surface area contributed by atoms with Crippen LogP contribution in [0.15, 0.2) is 206 Å². The molecule has 8 rings (SSSR count). The number of hydrogen-bond acceptors (Lipinski definition) is 4. The highest BCUT2D eigenvalue weighted by Crippen LogP contribution is 2.50. The lowest BCUT2D eigenvalue weighted by Gasteiger charge is -2.29. The Labute approximate surface area is 331 Å². The minimum absolute atomic E-state index is 0.720. The van der Waals surface area contributed by atoms with Crippen LogP contribution in [0.4, 0.5) is 0 Å². The van der Waals surface area contributed by atoms with Crippen molar-refractivity contribution in [2.75, 3.05) is 0 Å². The molecule has 0 fully saturated rings. The van der Waals surface area contributed by atoms with Gasteiger partial charge in [-0.1, -0.05) is 158 Å². The maximum atomic E-state index is 7.02. The zero-order valence-corrected chi connectivity index (χ0v) is 32.9. The van der Waals surface area contributed by atoms with Gasteiger partial charge in [0, 0.05) is 11.1 Å². The fraction of sp³-hybridized carbons (Fsp3) is 0.0400. The molecule has 4 nitrogen and oxygen atoms in total. The van der Waals surface area contributed by atoms with Crippen LogP contribution in [0.25, 0.3) is 33.4 Å². The molecule has 0 atom stereocenters. The van der Waals surface area contributed by atoms with Crippen molar-refractivity contribution in [2.24, 2.45) is 0 Å². The van der Waals surface area contributed by atoms with Crippen molar-refractivity contribution in [3.8, 4) is 56.4 Å². The monoisotopic (exact) mass is 766 g/mol. The molecule has 8 aromatic rings. The maximum absolute atomic E-state index is 7.02. The van der Waals surface area contributed by atoms with Gasteiger partial charge in [-0.25, -0.2) is 0 Å². The van der Waals surface area contributed by atoms with Gasteiger partial charge in [0.15, 0.2) is 0 Å². The Bertz CT molecular complexity index is 2220. The Morgan fingerprint density at radius 1 is 0.286 bits per heavy atom. The van der Waals surface area contributed by atoms with Gasteiger partial charge in [0.05, 0.1) is 10.6 Å². The van der Waals surface area contributed by atoms with E-state index in [4.69, 9.17) is 18.1 Å². The van der Waals surface area contributed by atoms with Crippen LogP contribution < -0.4 is 28.7 Å². The fourth-order valence-electron chi connectivity index (χ4n) is 6.62. The van der Waals surface area contributed by atoms with Gasteiger partial charge in [0.25, 0.3) is 0 Å². The predicted molar refractivity (Wildman–Crippen MR) is 234 cm³/mol. The Hall–Kier alpha value is -6.18. The summed E-state index contributed by atoms with van der Waals surface area (Å²) < 4.78 is 28.1. The van der Waals surface area contributed by atoms with Crippen molar-refractivity contribution in [1.29, 1.82) is 0 Å². The molecule has 0 N–H and O–H groups in total. The van der Waals surface area contributed by atoms with E-state index in [1.807, 2.05) is 133 Å². The van der Waals surface area contributed by atoms with Crippen LogP contribution in [-0.4, -0.2) is 0 Å². The second-order valence-corrected chi connectivity index (χ2v) is 15.8. The van der Waals surface area contributed by atoms with Crippen molar-refractivity contribution in [3.05, 3.63) is 217 Å². The van der Waals surface area contributed by atoms with Gasteiger partial charge in [0.1, 0.15) is 23.0 Å². The largest absolute Gasteiger partial charge is 0.435 e. The fourth-order valence-corrected chi connectivity index (χ4v) is 10.1. The zero-order valence-electron chi connectivity index (χ0n) is 31.2. The van der Waals surface area contributed by atoms with Gasteiger partial charge < -0.3 is 18.1 Å². The lowest BCUT2D eigenvalue weighted by Crippen LogP contribution is -2.23. The van der Waals surface area contributed by atoms with E-state index in [0.717, 1.165) is 78.1 Å². The van der Waals surface area contributed by atoms with Gasteiger partial charge in [-0.05, 0) is 95.8 Å². The highest BCUT2D eigenvalue weighted by Gasteiger charge is 2.34. The summed E-state index contributed by atoms with van der Waals surface area (Å²) >= 11 is 0. The average molecular weight is 767 g/mol. The molecule has 0 spiro atoms. The minimum atomic E-state index is -1.79. The average Bonchev–Trinajstić information content (AvgIpc) is 3.25.